The van der Waals surface area contributed by atoms with Crippen LogP contribution in [0.1, 0.15) is 72.6 Å². The molecule has 1 amide bonds. The Bertz CT molecular complexity index is 1670. The number of carboxylic acids is 1. The number of aromatic nitrogens is 1. The van der Waals surface area contributed by atoms with E-state index in [0.717, 1.165) is 25.1 Å². The first-order valence-corrected chi connectivity index (χ1v) is 15.1. The maximum Gasteiger partial charge on any atom is 0.416 e. The largest absolute Gasteiger partial charge is 0.507 e. The predicted molar refractivity (Wildman–Crippen MR) is 157 cm³/mol. The number of cyclic esters (lactones) is 1. The number of aromatic hydroxyl groups is 1. The van der Waals surface area contributed by atoms with E-state index in [-0.39, 0.29) is 36.6 Å². The van der Waals surface area contributed by atoms with Crippen LogP contribution in [0, 0.1) is 5.92 Å². The first-order chi connectivity index (χ1) is 22.1. The van der Waals surface area contributed by atoms with Crippen molar-refractivity contribution in [1.29, 1.82) is 0 Å². The number of benzene rings is 2. The van der Waals surface area contributed by atoms with E-state index >= 15 is 0 Å². The topological polar surface area (TPSA) is 103 Å². The third kappa shape index (κ3) is 6.54. The van der Waals surface area contributed by atoms with E-state index in [2.05, 4.69) is 0 Å². The third-order valence-electron chi connectivity index (χ3n) is 9.27. The molecule has 0 spiro atoms. The van der Waals surface area contributed by atoms with Crippen LogP contribution in [0.2, 0.25) is 0 Å². The SMILES string of the molecule is C[C@H]1[C@@H](c2cc(C(F)(F)F)cc(C(F)(F)F)c2)OC(=O)N1Cc1nc(N2CCC2)ccc1-c1cc(C2CC(CC(=O)O)C2)ccc1O. The highest BCUT2D eigenvalue weighted by Gasteiger charge is 2.44. The van der Waals surface area contributed by atoms with Crippen LogP contribution in [-0.2, 0) is 28.4 Å². The van der Waals surface area contributed by atoms with E-state index in [1.54, 1.807) is 24.3 Å². The van der Waals surface area contributed by atoms with Crippen molar-refractivity contribution in [2.45, 2.75) is 69.6 Å². The monoisotopic (exact) mass is 663 g/mol. The van der Waals surface area contributed by atoms with E-state index < -0.39 is 53.3 Å². The van der Waals surface area contributed by atoms with Crippen LogP contribution in [0.3, 0.4) is 0 Å². The maximum atomic E-state index is 13.6. The van der Waals surface area contributed by atoms with Crippen LogP contribution >= 0.6 is 0 Å². The van der Waals surface area contributed by atoms with Crippen molar-refractivity contribution in [2.24, 2.45) is 5.92 Å². The number of hydrogen-bond acceptors (Lipinski definition) is 6. The molecule has 2 aliphatic heterocycles. The van der Waals surface area contributed by atoms with Gasteiger partial charge in [0.15, 0.2) is 0 Å². The number of carboxylic acid groups (broad SMARTS) is 1. The predicted octanol–water partition coefficient (Wildman–Crippen LogP) is 7.75. The summed E-state index contributed by atoms with van der Waals surface area (Å²) < 4.78 is 86.8. The lowest BCUT2D eigenvalue weighted by Gasteiger charge is -2.35. The van der Waals surface area contributed by atoms with Crippen molar-refractivity contribution in [2.75, 3.05) is 18.0 Å². The van der Waals surface area contributed by atoms with Gasteiger partial charge in [0.25, 0.3) is 0 Å². The molecule has 0 radical (unpaired) electrons. The molecule has 2 aromatic carbocycles. The number of pyridine rings is 1. The first kappa shape index (κ1) is 32.5. The highest BCUT2D eigenvalue weighted by atomic mass is 19.4. The van der Waals surface area contributed by atoms with Gasteiger partial charge in [-0.05, 0) is 91.6 Å². The maximum absolute atomic E-state index is 13.6. The number of nitrogens with zero attached hydrogens (tertiary/aromatic N) is 3. The molecular formula is C33H31F6N3O5. The van der Waals surface area contributed by atoms with Crippen LogP contribution in [0.25, 0.3) is 11.1 Å². The number of hydrogen-bond donors (Lipinski definition) is 2. The second-order valence-electron chi connectivity index (χ2n) is 12.4. The molecule has 3 aromatic rings. The third-order valence-corrected chi connectivity index (χ3v) is 9.27. The van der Waals surface area contributed by atoms with Gasteiger partial charge >= 0.3 is 24.4 Å². The Kier molecular flexibility index (Phi) is 8.25. The number of rotatable bonds is 8. The molecule has 1 saturated carbocycles. The van der Waals surface area contributed by atoms with Gasteiger partial charge in [-0.25, -0.2) is 9.78 Å². The van der Waals surface area contributed by atoms with Crippen molar-refractivity contribution >= 4 is 17.9 Å². The highest BCUT2D eigenvalue weighted by Crippen LogP contribution is 2.46. The molecule has 250 valence electrons. The van der Waals surface area contributed by atoms with E-state index in [9.17, 15) is 41.0 Å². The summed E-state index contributed by atoms with van der Waals surface area (Å²) in [5, 5.41) is 20.0. The Morgan fingerprint density at radius 1 is 0.936 bits per heavy atom. The summed E-state index contributed by atoms with van der Waals surface area (Å²) in [5.41, 5.74) is -1.30. The van der Waals surface area contributed by atoms with Crippen LogP contribution in [0.4, 0.5) is 37.0 Å². The fourth-order valence-electron chi connectivity index (χ4n) is 6.49. The van der Waals surface area contributed by atoms with Gasteiger partial charge in [-0.3, -0.25) is 9.69 Å². The first-order valence-electron chi connectivity index (χ1n) is 15.1. The Hall–Kier alpha value is -4.49. The van der Waals surface area contributed by atoms with Gasteiger partial charge < -0.3 is 19.8 Å². The Morgan fingerprint density at radius 2 is 1.60 bits per heavy atom. The molecule has 0 unspecified atom stereocenters. The number of aliphatic carboxylic acids is 1. The number of anilines is 1. The molecule has 1 aliphatic carbocycles. The summed E-state index contributed by atoms with van der Waals surface area (Å²) in [6.45, 7) is 2.79. The molecule has 2 saturated heterocycles. The van der Waals surface area contributed by atoms with E-state index in [0.29, 0.717) is 47.6 Å². The summed E-state index contributed by atoms with van der Waals surface area (Å²) in [5.74, 6) is -0.149. The summed E-state index contributed by atoms with van der Waals surface area (Å²) >= 11 is 0. The lowest BCUT2D eigenvalue weighted by atomic mass is 9.70. The smallest absolute Gasteiger partial charge is 0.416 e. The zero-order valence-electron chi connectivity index (χ0n) is 25.1. The number of amides is 1. The normalized spacial score (nSPS) is 22.9. The summed E-state index contributed by atoms with van der Waals surface area (Å²) in [7, 11) is 0. The van der Waals surface area contributed by atoms with Crippen LogP contribution in [-0.4, -0.2) is 51.3 Å². The lowest BCUT2D eigenvalue weighted by molar-refractivity contribution is -0.143. The van der Waals surface area contributed by atoms with Crippen LogP contribution in [0.5, 0.6) is 5.75 Å². The number of phenols is 1. The van der Waals surface area contributed by atoms with Crippen molar-refractivity contribution in [3.63, 3.8) is 0 Å². The highest BCUT2D eigenvalue weighted by molar-refractivity contribution is 5.76. The van der Waals surface area contributed by atoms with Gasteiger partial charge in [-0.1, -0.05) is 6.07 Å². The Balaban J connectivity index is 1.33. The minimum absolute atomic E-state index is 0.0245. The van der Waals surface area contributed by atoms with Crippen molar-refractivity contribution in [3.8, 4) is 16.9 Å². The minimum atomic E-state index is -5.06. The molecular weight excluding hydrogens is 632 g/mol. The summed E-state index contributed by atoms with van der Waals surface area (Å²) in [4.78, 5) is 32.3. The zero-order chi connectivity index (χ0) is 33.8. The van der Waals surface area contributed by atoms with Gasteiger partial charge in [0.05, 0.1) is 29.4 Å². The van der Waals surface area contributed by atoms with Gasteiger partial charge in [-0.2, -0.15) is 26.3 Å². The van der Waals surface area contributed by atoms with E-state index in [1.165, 1.54) is 17.9 Å². The summed E-state index contributed by atoms with van der Waals surface area (Å²) in [6, 6.07) is 8.83. The quantitative estimate of drug-likeness (QED) is 0.238. The Labute approximate surface area is 265 Å². The van der Waals surface area contributed by atoms with Crippen LogP contribution in [0.15, 0.2) is 48.5 Å². The minimum Gasteiger partial charge on any atom is -0.507 e. The second-order valence-corrected chi connectivity index (χ2v) is 12.4. The van der Waals surface area contributed by atoms with E-state index in [1.807, 2.05) is 4.90 Å². The number of carbonyl (C=O) groups is 2. The molecule has 2 N–H and O–H groups in total. The lowest BCUT2D eigenvalue weighted by Crippen LogP contribution is -2.38. The molecule has 47 heavy (non-hydrogen) atoms. The van der Waals surface area contributed by atoms with Crippen molar-refractivity contribution < 1.29 is 50.9 Å². The van der Waals surface area contributed by atoms with Gasteiger partial charge in [-0.15, -0.1) is 0 Å². The van der Waals surface area contributed by atoms with Crippen LogP contribution < -0.4 is 4.90 Å². The Morgan fingerprint density at radius 3 is 2.17 bits per heavy atom. The van der Waals surface area contributed by atoms with Gasteiger partial charge in [0.2, 0.25) is 0 Å². The average Bonchev–Trinajstić information content (AvgIpc) is 3.22. The second kappa shape index (κ2) is 11.9. The fraction of sp³-hybridized carbons (Fsp3) is 0.424. The molecule has 8 nitrogen and oxygen atoms in total. The standard InChI is InChI=1S/C33H31F6N3O5/c1-17-30(21-12-22(32(34,35)36)15-23(13-21)33(37,38)39)47-31(46)42(17)16-26-24(4-6-28(40-26)41-7-2-8-41)25-14-19(3-5-27(25)43)20-9-18(10-20)11-29(44)45/h3-6,12-15,17-18,20,30,43H,2,7-11,16H2,1H3,(H,44,45)/t17-,18?,20?,30-/m0/s1. The molecule has 0 bridgehead atoms. The number of alkyl halides is 6. The van der Waals surface area contributed by atoms with E-state index in [4.69, 9.17) is 14.8 Å². The van der Waals surface area contributed by atoms with Gasteiger partial charge in [0, 0.05) is 30.6 Å². The average molecular weight is 664 g/mol. The molecule has 2 atom stereocenters. The fourth-order valence-corrected chi connectivity index (χ4v) is 6.49. The van der Waals surface area contributed by atoms with Crippen molar-refractivity contribution in [3.05, 3.63) is 76.5 Å². The summed E-state index contributed by atoms with van der Waals surface area (Å²) in [6.07, 6.45) is -10.1. The van der Waals surface area contributed by atoms with Gasteiger partial charge in [0.1, 0.15) is 17.7 Å². The molecule has 3 aliphatic rings. The zero-order valence-corrected chi connectivity index (χ0v) is 25.1. The molecule has 14 heteroatoms. The molecule has 6 rings (SSSR count). The molecule has 1 aromatic heterocycles. The molecule has 3 fully saturated rings. The van der Waals surface area contributed by atoms with Crippen molar-refractivity contribution in [1.82, 2.24) is 9.88 Å². The number of carbonyl (C=O) groups excluding carboxylic acids is 1. The number of halogens is 6. The number of ether oxygens (including phenoxy) is 1. The molecule has 3 heterocycles. The number of phenolic OH excluding ortho intramolecular Hbond substituents is 1.